The lowest BCUT2D eigenvalue weighted by Gasteiger charge is -2.38. The van der Waals surface area contributed by atoms with Gasteiger partial charge in [-0.15, -0.1) is 0 Å². The van der Waals surface area contributed by atoms with Gasteiger partial charge in [-0.1, -0.05) is 40.2 Å². The molecule has 0 heterocycles. The summed E-state index contributed by atoms with van der Waals surface area (Å²) in [5.41, 5.74) is -0.849. The van der Waals surface area contributed by atoms with Gasteiger partial charge >= 0.3 is 7.82 Å². The van der Waals surface area contributed by atoms with E-state index in [0.717, 1.165) is 13.8 Å². The zero-order valence-electron chi connectivity index (χ0n) is 21.0. The third-order valence-corrected chi connectivity index (χ3v) is 6.19. The molecule has 0 aliphatic carbocycles. The number of rotatable bonds is 16. The maximum absolute atomic E-state index is 13.1. The molecule has 35 heavy (non-hydrogen) atoms. The van der Waals surface area contributed by atoms with Crippen molar-refractivity contribution in [2.24, 2.45) is 11.8 Å². The van der Waals surface area contributed by atoms with Gasteiger partial charge in [-0.05, 0) is 62.8 Å². The van der Waals surface area contributed by atoms with Crippen molar-refractivity contribution in [2.45, 2.75) is 66.0 Å². The monoisotopic (exact) mass is 514 g/mol. The highest BCUT2D eigenvalue weighted by Crippen LogP contribution is 2.54. The van der Waals surface area contributed by atoms with Crippen molar-refractivity contribution in [3.63, 3.8) is 0 Å². The molecule has 0 rings (SSSR count). The zero-order chi connectivity index (χ0) is 28.1. The van der Waals surface area contributed by atoms with Gasteiger partial charge in [0, 0.05) is 0 Å². The zero-order valence-corrected chi connectivity index (χ0v) is 21.9. The van der Waals surface area contributed by atoms with Gasteiger partial charge in [0.15, 0.2) is 11.6 Å². The number of carbonyl (C=O) groups is 4. The molecule has 0 amide bonds. The van der Waals surface area contributed by atoms with Crippen molar-refractivity contribution in [3.8, 4) is 0 Å². The number of allylic oxidation sites excluding steroid dienone is 2. The molecule has 0 aliphatic heterocycles. The molecule has 4 unspecified atom stereocenters. The van der Waals surface area contributed by atoms with Crippen LogP contribution in [0.4, 0.5) is 0 Å². The van der Waals surface area contributed by atoms with E-state index < -0.39 is 54.4 Å². The summed E-state index contributed by atoms with van der Waals surface area (Å²) in [5.74, 6) is -14.4. The molecule has 3 N–H and O–H groups in total. The van der Waals surface area contributed by atoms with Gasteiger partial charge in [0.05, 0.1) is 11.8 Å². The molecule has 0 fully saturated rings. The van der Waals surface area contributed by atoms with Crippen LogP contribution in [0, 0.1) is 11.8 Å². The Hall–Kier alpha value is -2.33. The fourth-order valence-corrected chi connectivity index (χ4v) is 4.54. The number of ketones is 4. The van der Waals surface area contributed by atoms with Gasteiger partial charge in [-0.25, -0.2) is 13.6 Å². The third-order valence-electron chi connectivity index (χ3n) is 5.17. The second-order valence-electron chi connectivity index (χ2n) is 8.47. The van der Waals surface area contributed by atoms with Crippen LogP contribution < -0.4 is 0 Å². The quantitative estimate of drug-likeness (QED) is 0.158. The summed E-state index contributed by atoms with van der Waals surface area (Å²) in [6.45, 7) is 21.4. The molecule has 0 spiro atoms. The van der Waals surface area contributed by atoms with Crippen LogP contribution in [0.15, 0.2) is 48.6 Å². The van der Waals surface area contributed by atoms with Crippen LogP contribution in [-0.2, 0) is 32.8 Å². The van der Waals surface area contributed by atoms with Gasteiger partial charge in [0.2, 0.25) is 11.6 Å². The summed E-state index contributed by atoms with van der Waals surface area (Å²) in [5, 5.41) is 22.3. The lowest BCUT2D eigenvalue weighted by molar-refractivity contribution is -0.215. The first-order valence-electron chi connectivity index (χ1n) is 10.7. The highest BCUT2D eigenvalue weighted by molar-refractivity contribution is 7.47. The molecular formula is C24H35O10P. The first-order valence-corrected chi connectivity index (χ1v) is 12.2. The standard InChI is InChI=1S/C24H35O10P/c1-11-17(19(25)13(3)4)23(29,21(27)15(7)8)33-35(31,32)34-24(30,22(28)16(9)10)18(12-2)20(26)14(5)6/h17-18,29-30H,3,5,7,9,11-12H2,1-2,4,6,8,10H3,(H,31,32). The summed E-state index contributed by atoms with van der Waals surface area (Å²) in [6.07, 6.45) is -0.496. The minimum Gasteiger partial charge on any atom is -0.358 e. The number of hydrogen-bond donors (Lipinski definition) is 3. The Bertz CT molecular complexity index is 934. The lowest BCUT2D eigenvalue weighted by Crippen LogP contribution is -2.54. The van der Waals surface area contributed by atoms with Gasteiger partial charge in [-0.3, -0.25) is 19.2 Å². The molecule has 0 aromatic heterocycles. The number of phosphoric ester groups is 1. The number of Topliss-reactive ketones (excluding diaryl/α,β-unsaturated/α-hetero) is 4. The number of phosphoric acid groups is 1. The maximum atomic E-state index is 13.1. The fraction of sp³-hybridized carbons (Fsp3) is 0.500. The SMILES string of the molecule is C=C(C)C(=O)C(CC)C(O)(OP(=O)(O)OC(O)(C(=O)C(=C)C)C(CC)C(=O)C(=C)C)C(=O)C(=C)C. The van der Waals surface area contributed by atoms with Gasteiger partial charge in [0.1, 0.15) is 0 Å². The molecule has 0 aromatic carbocycles. The number of hydrogen-bond acceptors (Lipinski definition) is 9. The molecular weight excluding hydrogens is 479 g/mol. The molecule has 0 saturated carbocycles. The number of carbonyl (C=O) groups excluding carboxylic acids is 4. The van der Waals surface area contributed by atoms with Crippen LogP contribution in [0.2, 0.25) is 0 Å². The van der Waals surface area contributed by atoms with Gasteiger partial charge in [0.25, 0.3) is 11.6 Å². The normalized spacial score (nSPS) is 18.1. The molecule has 10 nitrogen and oxygen atoms in total. The van der Waals surface area contributed by atoms with Crippen molar-refractivity contribution in [3.05, 3.63) is 48.6 Å². The van der Waals surface area contributed by atoms with E-state index in [1.807, 2.05) is 0 Å². The van der Waals surface area contributed by atoms with E-state index in [4.69, 9.17) is 9.05 Å². The van der Waals surface area contributed by atoms with Crippen LogP contribution >= 0.6 is 7.82 Å². The average molecular weight is 515 g/mol. The summed E-state index contributed by atoms with van der Waals surface area (Å²) < 4.78 is 22.7. The third kappa shape index (κ3) is 7.33. The van der Waals surface area contributed by atoms with E-state index >= 15 is 0 Å². The van der Waals surface area contributed by atoms with E-state index in [9.17, 15) is 38.8 Å². The predicted octanol–water partition coefficient (Wildman–Crippen LogP) is 3.13. The highest BCUT2D eigenvalue weighted by Gasteiger charge is 2.57. The molecule has 11 heteroatoms. The lowest BCUT2D eigenvalue weighted by atomic mass is 9.84. The van der Waals surface area contributed by atoms with Gasteiger partial charge in [-0.2, -0.15) is 0 Å². The molecule has 0 radical (unpaired) electrons. The highest BCUT2D eigenvalue weighted by atomic mass is 31.2. The van der Waals surface area contributed by atoms with E-state index in [1.54, 1.807) is 0 Å². The average Bonchev–Trinajstić information content (AvgIpc) is 2.71. The van der Waals surface area contributed by atoms with E-state index in [0.29, 0.717) is 0 Å². The molecule has 0 aliphatic rings. The van der Waals surface area contributed by atoms with Crippen molar-refractivity contribution >= 4 is 31.0 Å². The number of aliphatic hydroxyl groups is 2. The Morgan fingerprint density at radius 1 is 0.714 bits per heavy atom. The summed E-state index contributed by atoms with van der Waals surface area (Å²) in [7, 11) is -5.78. The van der Waals surface area contributed by atoms with Crippen molar-refractivity contribution in [2.75, 3.05) is 0 Å². The molecule has 4 atom stereocenters. The molecule has 0 bridgehead atoms. The minimum absolute atomic E-state index is 0.0888. The van der Waals surface area contributed by atoms with E-state index in [-0.39, 0.29) is 35.1 Å². The van der Waals surface area contributed by atoms with E-state index in [1.165, 1.54) is 27.7 Å². The molecule has 196 valence electrons. The van der Waals surface area contributed by atoms with Gasteiger partial charge < -0.3 is 15.1 Å². The molecule has 0 aromatic rings. The first kappa shape index (κ1) is 32.7. The Labute approximate surface area is 205 Å². The van der Waals surface area contributed by atoms with Crippen molar-refractivity contribution in [1.29, 1.82) is 0 Å². The Kier molecular flexibility index (Phi) is 11.3. The van der Waals surface area contributed by atoms with Crippen LogP contribution in [0.1, 0.15) is 54.4 Å². The first-order chi connectivity index (χ1) is 15.7. The minimum atomic E-state index is -5.78. The Morgan fingerprint density at radius 2 is 0.971 bits per heavy atom. The Morgan fingerprint density at radius 3 is 1.14 bits per heavy atom. The maximum Gasteiger partial charge on any atom is 0.478 e. The smallest absolute Gasteiger partial charge is 0.358 e. The fourth-order valence-electron chi connectivity index (χ4n) is 3.38. The topological polar surface area (TPSA) is 164 Å². The Balaban J connectivity index is 6.86. The van der Waals surface area contributed by atoms with Crippen LogP contribution in [0.5, 0.6) is 0 Å². The second-order valence-corrected chi connectivity index (χ2v) is 9.78. The predicted molar refractivity (Wildman–Crippen MR) is 129 cm³/mol. The molecule has 0 saturated heterocycles. The summed E-state index contributed by atoms with van der Waals surface area (Å²) in [6, 6.07) is 0. The van der Waals surface area contributed by atoms with Crippen molar-refractivity contribution < 1.29 is 47.9 Å². The summed E-state index contributed by atoms with van der Waals surface area (Å²) in [4.78, 5) is 61.4. The van der Waals surface area contributed by atoms with Crippen LogP contribution in [0.3, 0.4) is 0 Å². The van der Waals surface area contributed by atoms with E-state index in [2.05, 4.69) is 26.3 Å². The largest absolute Gasteiger partial charge is 0.478 e. The van der Waals surface area contributed by atoms with Crippen LogP contribution in [0.25, 0.3) is 0 Å². The van der Waals surface area contributed by atoms with Crippen LogP contribution in [-0.4, -0.2) is 49.8 Å². The summed E-state index contributed by atoms with van der Waals surface area (Å²) >= 11 is 0. The second kappa shape index (κ2) is 12.1. The van der Waals surface area contributed by atoms with Crippen molar-refractivity contribution in [1.82, 2.24) is 0 Å².